The standard InChI is InChI=1S/C17H13Cl2N3/c1-22-16(6-3-9-20)14-5-2-4-13(17(14)21-22)12-8-7-11(18)10-15(12)19/h2,4-5,7-8,10H,3,6H2,1H3. The summed E-state index contributed by atoms with van der Waals surface area (Å²) in [6.07, 6.45) is 1.15. The van der Waals surface area contributed by atoms with Crippen molar-refractivity contribution in [2.75, 3.05) is 0 Å². The molecular formula is C17H13Cl2N3. The van der Waals surface area contributed by atoms with Crippen molar-refractivity contribution in [1.82, 2.24) is 9.78 Å². The van der Waals surface area contributed by atoms with E-state index in [0.717, 1.165) is 27.7 Å². The van der Waals surface area contributed by atoms with Crippen LogP contribution in [0, 0.1) is 11.3 Å². The third-order valence-electron chi connectivity index (χ3n) is 3.68. The van der Waals surface area contributed by atoms with Crippen molar-refractivity contribution < 1.29 is 0 Å². The monoisotopic (exact) mass is 329 g/mol. The lowest BCUT2D eigenvalue weighted by molar-refractivity contribution is 0.718. The average Bonchev–Trinajstić information content (AvgIpc) is 2.81. The maximum atomic E-state index is 8.81. The van der Waals surface area contributed by atoms with Gasteiger partial charge in [-0.3, -0.25) is 4.68 Å². The van der Waals surface area contributed by atoms with E-state index in [2.05, 4.69) is 11.2 Å². The molecule has 0 radical (unpaired) electrons. The molecule has 0 aliphatic carbocycles. The van der Waals surface area contributed by atoms with E-state index in [9.17, 15) is 0 Å². The molecule has 0 spiro atoms. The fraction of sp³-hybridized carbons (Fsp3) is 0.176. The summed E-state index contributed by atoms with van der Waals surface area (Å²) in [6, 6.07) is 13.7. The Morgan fingerprint density at radius 1 is 1.18 bits per heavy atom. The highest BCUT2D eigenvalue weighted by Gasteiger charge is 2.14. The maximum absolute atomic E-state index is 8.81. The molecule has 0 atom stereocenters. The Morgan fingerprint density at radius 3 is 2.73 bits per heavy atom. The van der Waals surface area contributed by atoms with Gasteiger partial charge in [0.25, 0.3) is 0 Å². The lowest BCUT2D eigenvalue weighted by Crippen LogP contribution is -1.97. The van der Waals surface area contributed by atoms with Crippen LogP contribution in [0.15, 0.2) is 36.4 Å². The van der Waals surface area contributed by atoms with Crippen LogP contribution in [-0.2, 0) is 13.5 Å². The molecule has 0 N–H and O–H groups in total. The van der Waals surface area contributed by atoms with Crippen molar-refractivity contribution in [3.8, 4) is 17.2 Å². The first-order valence-corrected chi connectivity index (χ1v) is 7.64. The Morgan fingerprint density at radius 2 is 2.00 bits per heavy atom. The van der Waals surface area contributed by atoms with Crippen molar-refractivity contribution >= 4 is 34.1 Å². The summed E-state index contributed by atoms with van der Waals surface area (Å²) in [4.78, 5) is 0. The Balaban J connectivity index is 2.21. The number of aromatic nitrogens is 2. The number of rotatable bonds is 3. The minimum Gasteiger partial charge on any atom is -0.271 e. The van der Waals surface area contributed by atoms with E-state index in [4.69, 9.17) is 28.5 Å². The van der Waals surface area contributed by atoms with Crippen LogP contribution in [0.2, 0.25) is 10.0 Å². The lowest BCUT2D eigenvalue weighted by Gasteiger charge is -2.06. The minimum absolute atomic E-state index is 0.473. The molecule has 0 fully saturated rings. The number of hydrogen-bond acceptors (Lipinski definition) is 2. The second-order valence-electron chi connectivity index (χ2n) is 5.05. The number of nitriles is 1. The van der Waals surface area contributed by atoms with E-state index in [1.165, 1.54) is 0 Å². The van der Waals surface area contributed by atoms with Crippen LogP contribution in [0.5, 0.6) is 0 Å². The number of nitrogens with zero attached hydrogens (tertiary/aromatic N) is 3. The Kier molecular flexibility index (Phi) is 4.06. The summed E-state index contributed by atoms with van der Waals surface area (Å²) in [5.41, 5.74) is 3.82. The highest BCUT2D eigenvalue weighted by Crippen LogP contribution is 2.35. The first-order chi connectivity index (χ1) is 10.6. The molecule has 0 aliphatic heterocycles. The van der Waals surface area contributed by atoms with Crippen LogP contribution in [-0.4, -0.2) is 9.78 Å². The normalized spacial score (nSPS) is 10.8. The third-order valence-corrected chi connectivity index (χ3v) is 4.23. The SMILES string of the molecule is Cn1nc2c(-c3ccc(Cl)cc3Cl)cccc2c1CCC#N. The Bertz CT molecular complexity index is 891. The molecule has 0 amide bonds. The molecule has 3 nitrogen and oxygen atoms in total. The number of benzene rings is 2. The molecule has 5 heteroatoms. The molecule has 0 saturated carbocycles. The van der Waals surface area contributed by atoms with Gasteiger partial charge in [0.15, 0.2) is 0 Å². The van der Waals surface area contributed by atoms with Crippen molar-refractivity contribution in [2.24, 2.45) is 7.05 Å². The van der Waals surface area contributed by atoms with Gasteiger partial charge in [0.05, 0.1) is 6.07 Å². The Hall–Kier alpha value is -2.02. The van der Waals surface area contributed by atoms with E-state index < -0.39 is 0 Å². The molecule has 3 rings (SSSR count). The van der Waals surface area contributed by atoms with Gasteiger partial charge in [-0.15, -0.1) is 0 Å². The first-order valence-electron chi connectivity index (χ1n) is 6.89. The van der Waals surface area contributed by atoms with Gasteiger partial charge in [0.1, 0.15) is 5.52 Å². The molecule has 2 aromatic carbocycles. The van der Waals surface area contributed by atoms with Crippen LogP contribution >= 0.6 is 23.2 Å². The maximum Gasteiger partial charge on any atom is 0.100 e. The zero-order valence-corrected chi connectivity index (χ0v) is 13.5. The molecule has 0 aliphatic rings. The zero-order chi connectivity index (χ0) is 15.7. The summed E-state index contributed by atoms with van der Waals surface area (Å²) in [6.45, 7) is 0. The van der Waals surface area contributed by atoms with Gasteiger partial charge in [-0.05, 0) is 12.1 Å². The topological polar surface area (TPSA) is 41.6 Å². The van der Waals surface area contributed by atoms with Crippen molar-refractivity contribution in [1.29, 1.82) is 5.26 Å². The summed E-state index contributed by atoms with van der Waals surface area (Å²) >= 11 is 12.3. The second-order valence-corrected chi connectivity index (χ2v) is 5.90. The van der Waals surface area contributed by atoms with E-state index in [-0.39, 0.29) is 0 Å². The molecule has 1 aromatic heterocycles. The van der Waals surface area contributed by atoms with Gasteiger partial charge in [0.2, 0.25) is 0 Å². The van der Waals surface area contributed by atoms with E-state index >= 15 is 0 Å². The molecular weight excluding hydrogens is 317 g/mol. The fourth-order valence-electron chi connectivity index (χ4n) is 2.66. The lowest BCUT2D eigenvalue weighted by atomic mass is 10.0. The summed E-state index contributed by atoms with van der Waals surface area (Å²) in [5, 5.41) is 15.7. The van der Waals surface area contributed by atoms with Crippen LogP contribution in [0.25, 0.3) is 22.0 Å². The smallest absolute Gasteiger partial charge is 0.100 e. The summed E-state index contributed by atoms with van der Waals surface area (Å²) in [7, 11) is 1.90. The quantitative estimate of drug-likeness (QED) is 0.678. The van der Waals surface area contributed by atoms with Gasteiger partial charge in [-0.2, -0.15) is 10.4 Å². The van der Waals surface area contributed by atoms with Crippen LogP contribution in [0.3, 0.4) is 0 Å². The number of halogens is 2. The molecule has 3 aromatic rings. The van der Waals surface area contributed by atoms with Crippen LogP contribution < -0.4 is 0 Å². The third kappa shape index (κ3) is 2.56. The van der Waals surface area contributed by atoms with Crippen LogP contribution in [0.1, 0.15) is 12.1 Å². The summed E-state index contributed by atoms with van der Waals surface area (Å²) < 4.78 is 1.84. The van der Waals surface area contributed by atoms with Gasteiger partial charge in [-0.1, -0.05) is 47.5 Å². The number of fused-ring (bicyclic) bond motifs is 1. The van der Waals surface area contributed by atoms with Crippen molar-refractivity contribution in [2.45, 2.75) is 12.8 Å². The summed E-state index contributed by atoms with van der Waals surface area (Å²) in [5.74, 6) is 0. The van der Waals surface area contributed by atoms with Gasteiger partial charge >= 0.3 is 0 Å². The van der Waals surface area contributed by atoms with E-state index in [1.807, 2.05) is 42.1 Å². The number of aryl methyl sites for hydroxylation is 2. The predicted molar refractivity (Wildman–Crippen MR) is 90.1 cm³/mol. The molecule has 0 saturated heterocycles. The first kappa shape index (κ1) is 14.9. The van der Waals surface area contributed by atoms with Gasteiger partial charge in [-0.25, -0.2) is 0 Å². The van der Waals surface area contributed by atoms with Gasteiger partial charge < -0.3 is 0 Å². The average molecular weight is 330 g/mol. The highest BCUT2D eigenvalue weighted by molar-refractivity contribution is 6.36. The largest absolute Gasteiger partial charge is 0.271 e. The van der Waals surface area contributed by atoms with Crippen molar-refractivity contribution in [3.63, 3.8) is 0 Å². The molecule has 22 heavy (non-hydrogen) atoms. The van der Waals surface area contributed by atoms with E-state index in [0.29, 0.717) is 22.9 Å². The minimum atomic E-state index is 0.473. The Labute approximate surface area is 138 Å². The van der Waals surface area contributed by atoms with E-state index in [1.54, 1.807) is 6.07 Å². The molecule has 0 unspecified atom stereocenters. The highest BCUT2D eigenvalue weighted by atomic mass is 35.5. The van der Waals surface area contributed by atoms with Gasteiger partial charge in [0, 0.05) is 52.1 Å². The van der Waals surface area contributed by atoms with Crippen LogP contribution in [0.4, 0.5) is 0 Å². The predicted octanol–water partition coefficient (Wildman–Crippen LogP) is 5.00. The van der Waals surface area contributed by atoms with Crippen molar-refractivity contribution in [3.05, 3.63) is 52.1 Å². The molecule has 110 valence electrons. The zero-order valence-electron chi connectivity index (χ0n) is 12.0. The second kappa shape index (κ2) is 6.00. The number of hydrogen-bond donors (Lipinski definition) is 0. The molecule has 0 bridgehead atoms. The molecule has 1 heterocycles. The fourth-order valence-corrected chi connectivity index (χ4v) is 3.18.